The number of benzene rings is 1. The van der Waals surface area contributed by atoms with Crippen LogP contribution in [-0.4, -0.2) is 6.54 Å². The predicted molar refractivity (Wildman–Crippen MR) is 91.2 cm³/mol. The van der Waals surface area contributed by atoms with Crippen LogP contribution in [0.5, 0.6) is 0 Å². The van der Waals surface area contributed by atoms with Crippen molar-refractivity contribution >= 4 is 34.6 Å². The predicted octanol–water partition coefficient (Wildman–Crippen LogP) is 5.70. The van der Waals surface area contributed by atoms with Gasteiger partial charge in [-0.05, 0) is 30.0 Å². The molecule has 0 saturated heterocycles. The number of hydrogen-bond acceptors (Lipinski definition) is 1. The molecule has 0 radical (unpaired) electrons. The molecule has 1 aromatic carbocycles. The number of hydrogen-bond donors (Lipinski definition) is 0. The average molecular weight is 357 g/mol. The van der Waals surface area contributed by atoms with Crippen LogP contribution in [0.25, 0.3) is 6.08 Å². The first-order chi connectivity index (χ1) is 8.71. The lowest BCUT2D eigenvalue weighted by Crippen LogP contribution is -2.19. The second-order valence-electron chi connectivity index (χ2n) is 4.76. The molecule has 0 bridgehead atoms. The minimum Gasteiger partial charge on any atom is -0.315 e. The van der Waals surface area contributed by atoms with Gasteiger partial charge in [-0.3, -0.25) is 0 Å². The fourth-order valence-electron chi connectivity index (χ4n) is 2.02. The maximum absolute atomic E-state index is 3.79. The molecule has 1 unspecified atom stereocenters. The summed E-state index contributed by atoms with van der Waals surface area (Å²) in [6, 6.07) is 8.61. The summed E-state index contributed by atoms with van der Waals surface area (Å²) >= 11 is 2.43. The lowest BCUT2D eigenvalue weighted by molar-refractivity contribution is 0.466. The standard InChI is InChI=1S/C16H24IN/c1-4-7-8-15(6-3)13-18(17)16-11-9-14(5-2)10-12-16/h5,9-12,15H,2,4,6-8,13H2,1,3H3. The van der Waals surface area contributed by atoms with Gasteiger partial charge in [0.15, 0.2) is 0 Å². The van der Waals surface area contributed by atoms with E-state index < -0.39 is 0 Å². The quantitative estimate of drug-likeness (QED) is 0.426. The molecule has 0 amide bonds. The molecule has 0 saturated carbocycles. The van der Waals surface area contributed by atoms with E-state index >= 15 is 0 Å². The number of halogens is 1. The van der Waals surface area contributed by atoms with E-state index in [1.54, 1.807) is 0 Å². The molecule has 0 fully saturated rings. The van der Waals surface area contributed by atoms with Crippen molar-refractivity contribution in [2.75, 3.05) is 9.66 Å². The minimum absolute atomic E-state index is 0.806. The zero-order valence-corrected chi connectivity index (χ0v) is 13.7. The Morgan fingerprint density at radius 1 is 1.28 bits per heavy atom. The highest BCUT2D eigenvalue weighted by Crippen LogP contribution is 2.23. The highest BCUT2D eigenvalue weighted by atomic mass is 127. The summed E-state index contributed by atoms with van der Waals surface area (Å²) in [5, 5.41) is 0. The van der Waals surface area contributed by atoms with Gasteiger partial charge in [-0.25, -0.2) is 0 Å². The van der Waals surface area contributed by atoms with Crippen molar-refractivity contribution in [3.63, 3.8) is 0 Å². The molecule has 0 spiro atoms. The third kappa shape index (κ3) is 5.01. The van der Waals surface area contributed by atoms with Crippen LogP contribution < -0.4 is 3.11 Å². The van der Waals surface area contributed by atoms with E-state index in [2.05, 4.69) is 70.7 Å². The molecule has 0 aliphatic heterocycles. The summed E-state index contributed by atoms with van der Waals surface area (Å²) in [5.41, 5.74) is 2.47. The molecule has 18 heavy (non-hydrogen) atoms. The second kappa shape index (κ2) is 8.57. The van der Waals surface area contributed by atoms with Gasteiger partial charge in [-0.15, -0.1) is 0 Å². The average Bonchev–Trinajstić information content (AvgIpc) is 2.43. The fourth-order valence-corrected chi connectivity index (χ4v) is 2.90. The lowest BCUT2D eigenvalue weighted by Gasteiger charge is -2.23. The van der Waals surface area contributed by atoms with Gasteiger partial charge < -0.3 is 3.11 Å². The number of anilines is 1. The SMILES string of the molecule is C=Cc1ccc(N(I)CC(CC)CCCC)cc1. The first-order valence-corrected chi connectivity index (χ1v) is 7.83. The zero-order chi connectivity index (χ0) is 13.4. The van der Waals surface area contributed by atoms with Crippen LogP contribution in [0.1, 0.15) is 45.1 Å². The largest absolute Gasteiger partial charge is 0.315 e. The smallest absolute Gasteiger partial charge is 0.0591 e. The van der Waals surface area contributed by atoms with Gasteiger partial charge in [-0.1, -0.05) is 57.9 Å². The van der Waals surface area contributed by atoms with Gasteiger partial charge in [0.25, 0.3) is 0 Å². The lowest BCUT2D eigenvalue weighted by atomic mass is 9.99. The van der Waals surface area contributed by atoms with Crippen LogP contribution in [0.3, 0.4) is 0 Å². The van der Waals surface area contributed by atoms with E-state index in [-0.39, 0.29) is 0 Å². The number of rotatable bonds is 8. The molecule has 2 heteroatoms. The highest BCUT2D eigenvalue weighted by Gasteiger charge is 2.11. The summed E-state index contributed by atoms with van der Waals surface area (Å²) in [4.78, 5) is 0. The van der Waals surface area contributed by atoms with Crippen molar-refractivity contribution in [3.05, 3.63) is 36.4 Å². The van der Waals surface area contributed by atoms with Gasteiger partial charge in [0.2, 0.25) is 0 Å². The third-order valence-electron chi connectivity index (χ3n) is 3.37. The van der Waals surface area contributed by atoms with Crippen LogP contribution in [0.15, 0.2) is 30.8 Å². The first-order valence-electron chi connectivity index (χ1n) is 6.87. The Bertz CT molecular complexity index is 345. The molecule has 1 atom stereocenters. The van der Waals surface area contributed by atoms with Crippen LogP contribution >= 0.6 is 22.9 Å². The van der Waals surface area contributed by atoms with Gasteiger partial charge in [-0.2, -0.15) is 0 Å². The van der Waals surface area contributed by atoms with E-state index in [9.17, 15) is 0 Å². The van der Waals surface area contributed by atoms with Crippen molar-refractivity contribution in [1.29, 1.82) is 0 Å². The molecular formula is C16H24IN. The molecule has 0 aliphatic rings. The molecular weight excluding hydrogens is 333 g/mol. The van der Waals surface area contributed by atoms with E-state index in [4.69, 9.17) is 0 Å². The Labute approximate surface area is 126 Å². The fraction of sp³-hybridized carbons (Fsp3) is 0.500. The van der Waals surface area contributed by atoms with E-state index in [1.807, 2.05) is 6.08 Å². The van der Waals surface area contributed by atoms with Gasteiger partial charge in [0, 0.05) is 12.2 Å². The van der Waals surface area contributed by atoms with Crippen molar-refractivity contribution < 1.29 is 0 Å². The summed E-state index contributed by atoms with van der Waals surface area (Å²) in [5.74, 6) is 0.806. The van der Waals surface area contributed by atoms with Crippen LogP contribution in [-0.2, 0) is 0 Å². The van der Waals surface area contributed by atoms with Gasteiger partial charge in [0.1, 0.15) is 0 Å². The Hall–Kier alpha value is -0.510. The Morgan fingerprint density at radius 3 is 2.44 bits per heavy atom. The zero-order valence-electron chi connectivity index (χ0n) is 11.5. The number of unbranched alkanes of at least 4 members (excludes halogenated alkanes) is 1. The molecule has 1 rings (SSSR count). The number of nitrogens with zero attached hydrogens (tertiary/aromatic N) is 1. The highest BCUT2D eigenvalue weighted by molar-refractivity contribution is 14.1. The molecule has 1 nitrogen and oxygen atoms in total. The third-order valence-corrected chi connectivity index (χ3v) is 4.32. The summed E-state index contributed by atoms with van der Waals surface area (Å²) in [6.45, 7) is 9.49. The first kappa shape index (κ1) is 15.5. The molecule has 100 valence electrons. The Balaban J connectivity index is 2.56. The second-order valence-corrected chi connectivity index (χ2v) is 5.92. The van der Waals surface area contributed by atoms with E-state index in [1.165, 1.54) is 36.9 Å². The molecule has 1 aromatic rings. The Morgan fingerprint density at radius 2 is 1.94 bits per heavy atom. The molecule has 0 aliphatic carbocycles. The maximum atomic E-state index is 3.79. The van der Waals surface area contributed by atoms with Crippen LogP contribution in [0.2, 0.25) is 0 Å². The maximum Gasteiger partial charge on any atom is 0.0591 e. The van der Waals surface area contributed by atoms with Crippen molar-refractivity contribution in [1.82, 2.24) is 0 Å². The normalized spacial score (nSPS) is 12.2. The van der Waals surface area contributed by atoms with Crippen molar-refractivity contribution in [2.24, 2.45) is 5.92 Å². The minimum atomic E-state index is 0.806. The van der Waals surface area contributed by atoms with Crippen LogP contribution in [0, 0.1) is 5.92 Å². The van der Waals surface area contributed by atoms with Crippen molar-refractivity contribution in [3.8, 4) is 0 Å². The molecule has 0 N–H and O–H groups in total. The monoisotopic (exact) mass is 357 g/mol. The molecule has 0 aromatic heterocycles. The van der Waals surface area contributed by atoms with E-state index in [0.717, 1.165) is 12.5 Å². The Kier molecular flexibility index (Phi) is 7.40. The van der Waals surface area contributed by atoms with Crippen LogP contribution in [0.4, 0.5) is 5.69 Å². The van der Waals surface area contributed by atoms with Gasteiger partial charge >= 0.3 is 0 Å². The topological polar surface area (TPSA) is 3.24 Å². The molecule has 0 heterocycles. The van der Waals surface area contributed by atoms with Crippen molar-refractivity contribution in [2.45, 2.75) is 39.5 Å². The summed E-state index contributed by atoms with van der Waals surface area (Å²) in [7, 11) is 0. The van der Waals surface area contributed by atoms with E-state index in [0.29, 0.717) is 0 Å². The summed E-state index contributed by atoms with van der Waals surface area (Å²) < 4.78 is 2.34. The summed E-state index contributed by atoms with van der Waals surface area (Å²) in [6.07, 6.45) is 7.14. The van der Waals surface area contributed by atoms with Gasteiger partial charge in [0.05, 0.1) is 22.9 Å².